The molecule has 1 unspecified atom stereocenters. The van der Waals surface area contributed by atoms with Crippen molar-refractivity contribution >= 4 is 11.8 Å². The number of rotatable bonds is 8. The van der Waals surface area contributed by atoms with Gasteiger partial charge < -0.3 is 20.7 Å². The van der Waals surface area contributed by atoms with Gasteiger partial charge in [-0.05, 0) is 42.7 Å². The molecule has 0 fully saturated rings. The molecule has 0 aliphatic rings. The number of nitrogens with one attached hydrogen (secondary N) is 1. The van der Waals surface area contributed by atoms with Crippen molar-refractivity contribution in [2.75, 3.05) is 26.7 Å². The molecule has 2 aromatic carbocycles. The fourth-order valence-corrected chi connectivity index (χ4v) is 2.95. The Balaban J connectivity index is 2.11. The van der Waals surface area contributed by atoms with Crippen LogP contribution in [0.15, 0.2) is 48.5 Å². The van der Waals surface area contributed by atoms with E-state index in [1.165, 1.54) is 0 Å². The molecular weight excluding hydrogens is 342 g/mol. The normalized spacial score (nSPS) is 11.6. The van der Waals surface area contributed by atoms with Gasteiger partial charge in [0.1, 0.15) is 5.75 Å². The van der Waals surface area contributed by atoms with Gasteiger partial charge in [-0.25, -0.2) is 0 Å². The van der Waals surface area contributed by atoms with Crippen LogP contribution in [0.5, 0.6) is 5.75 Å². The van der Waals surface area contributed by atoms with E-state index in [1.807, 2.05) is 62.4 Å². The molecule has 0 aromatic heterocycles. The third kappa shape index (κ3) is 5.31. The van der Waals surface area contributed by atoms with E-state index in [0.717, 1.165) is 22.4 Å². The molecule has 2 aromatic rings. The Morgan fingerprint density at radius 1 is 1.15 bits per heavy atom. The highest BCUT2D eigenvalue weighted by atomic mass is 16.5. The van der Waals surface area contributed by atoms with Gasteiger partial charge in [0.2, 0.25) is 11.8 Å². The average molecular weight is 369 g/mol. The van der Waals surface area contributed by atoms with Crippen molar-refractivity contribution in [1.29, 1.82) is 0 Å². The van der Waals surface area contributed by atoms with Crippen LogP contribution in [0.4, 0.5) is 0 Å². The van der Waals surface area contributed by atoms with Gasteiger partial charge in [0.05, 0.1) is 26.2 Å². The third-order valence-corrected chi connectivity index (χ3v) is 4.55. The quantitative estimate of drug-likeness (QED) is 0.748. The Bertz CT molecular complexity index is 774. The van der Waals surface area contributed by atoms with Gasteiger partial charge in [-0.3, -0.25) is 9.59 Å². The molecule has 0 saturated heterocycles. The zero-order valence-electron chi connectivity index (χ0n) is 16.1. The fraction of sp³-hybridized carbons (Fsp3) is 0.333. The van der Waals surface area contributed by atoms with Gasteiger partial charge in [-0.1, -0.05) is 36.4 Å². The van der Waals surface area contributed by atoms with E-state index < -0.39 is 0 Å². The number of nitrogens with zero attached hydrogens (tertiary/aromatic N) is 1. The third-order valence-electron chi connectivity index (χ3n) is 4.55. The molecular formula is C21H27N3O3. The largest absolute Gasteiger partial charge is 0.497 e. The molecule has 1 atom stereocenters. The van der Waals surface area contributed by atoms with Crippen molar-refractivity contribution < 1.29 is 14.3 Å². The van der Waals surface area contributed by atoms with E-state index in [-0.39, 0.29) is 30.9 Å². The molecule has 0 spiro atoms. The van der Waals surface area contributed by atoms with E-state index in [4.69, 9.17) is 10.5 Å². The fourth-order valence-electron chi connectivity index (χ4n) is 2.95. The zero-order valence-corrected chi connectivity index (χ0v) is 16.1. The molecule has 144 valence electrons. The Morgan fingerprint density at radius 2 is 1.85 bits per heavy atom. The second-order valence-electron chi connectivity index (χ2n) is 6.19. The lowest BCUT2D eigenvalue weighted by atomic mass is 10.0. The summed E-state index contributed by atoms with van der Waals surface area (Å²) in [6.07, 6.45) is 0. The molecule has 0 saturated carbocycles. The maximum atomic E-state index is 12.4. The van der Waals surface area contributed by atoms with Crippen LogP contribution in [0.1, 0.15) is 25.5 Å². The van der Waals surface area contributed by atoms with Crippen LogP contribution in [0.25, 0.3) is 11.1 Å². The number of benzene rings is 2. The maximum Gasteiger partial charge on any atom is 0.242 e. The van der Waals surface area contributed by atoms with Gasteiger partial charge in [0.25, 0.3) is 0 Å². The number of ether oxygens (including phenoxy) is 1. The molecule has 0 radical (unpaired) electrons. The maximum absolute atomic E-state index is 12.4. The molecule has 0 bridgehead atoms. The van der Waals surface area contributed by atoms with Crippen LogP contribution < -0.4 is 15.8 Å². The van der Waals surface area contributed by atoms with E-state index in [9.17, 15) is 9.59 Å². The number of amides is 2. The first-order valence-electron chi connectivity index (χ1n) is 9.00. The highest BCUT2D eigenvalue weighted by molar-refractivity contribution is 5.85. The SMILES string of the molecule is CCN(C(=O)CNC(=O)CN)C(C)c1ccc(-c2cccc(OC)c2)cc1. The number of hydrogen-bond donors (Lipinski definition) is 2. The predicted molar refractivity (Wildman–Crippen MR) is 106 cm³/mol. The summed E-state index contributed by atoms with van der Waals surface area (Å²) in [4.78, 5) is 25.4. The molecule has 27 heavy (non-hydrogen) atoms. The number of carbonyl (C=O) groups excluding carboxylic acids is 2. The first-order chi connectivity index (χ1) is 13.0. The summed E-state index contributed by atoms with van der Waals surface area (Å²) >= 11 is 0. The number of likely N-dealkylation sites (N-methyl/N-ethyl adjacent to an activating group) is 1. The highest BCUT2D eigenvalue weighted by Crippen LogP contribution is 2.27. The monoisotopic (exact) mass is 369 g/mol. The minimum atomic E-state index is -0.338. The number of carbonyl (C=O) groups is 2. The van der Waals surface area contributed by atoms with Crippen LogP contribution in [0, 0.1) is 0 Å². The Morgan fingerprint density at radius 3 is 2.44 bits per heavy atom. The van der Waals surface area contributed by atoms with Crippen molar-refractivity contribution in [1.82, 2.24) is 10.2 Å². The summed E-state index contributed by atoms with van der Waals surface area (Å²) in [7, 11) is 1.65. The lowest BCUT2D eigenvalue weighted by Gasteiger charge is -2.28. The van der Waals surface area contributed by atoms with Crippen LogP contribution >= 0.6 is 0 Å². The van der Waals surface area contributed by atoms with Gasteiger partial charge in [0.15, 0.2) is 0 Å². The Kier molecular flexibility index (Phi) is 7.37. The van der Waals surface area contributed by atoms with Crippen LogP contribution in [-0.2, 0) is 9.59 Å². The molecule has 6 heteroatoms. The van der Waals surface area contributed by atoms with Crippen molar-refractivity contribution in [2.45, 2.75) is 19.9 Å². The Hall–Kier alpha value is -2.86. The van der Waals surface area contributed by atoms with Crippen LogP contribution in [0.2, 0.25) is 0 Å². The minimum absolute atomic E-state index is 0.0455. The van der Waals surface area contributed by atoms with Crippen LogP contribution in [-0.4, -0.2) is 43.5 Å². The number of hydrogen-bond acceptors (Lipinski definition) is 4. The molecule has 0 heterocycles. The smallest absolute Gasteiger partial charge is 0.242 e. The summed E-state index contributed by atoms with van der Waals surface area (Å²) in [5, 5.41) is 2.53. The van der Waals surface area contributed by atoms with Crippen LogP contribution in [0.3, 0.4) is 0 Å². The van der Waals surface area contributed by atoms with E-state index in [0.29, 0.717) is 6.54 Å². The second kappa shape index (κ2) is 9.73. The lowest BCUT2D eigenvalue weighted by molar-refractivity contribution is -0.134. The lowest BCUT2D eigenvalue weighted by Crippen LogP contribution is -2.42. The van der Waals surface area contributed by atoms with Gasteiger partial charge in [-0.2, -0.15) is 0 Å². The standard InChI is InChI=1S/C21H27N3O3/c1-4-24(21(26)14-23-20(25)13-22)15(2)16-8-10-17(11-9-16)18-6-5-7-19(12-18)27-3/h5-12,15H,4,13-14,22H2,1-3H3,(H,23,25). The van der Waals surface area contributed by atoms with Crippen molar-refractivity contribution in [3.8, 4) is 16.9 Å². The molecule has 6 nitrogen and oxygen atoms in total. The van der Waals surface area contributed by atoms with Crippen molar-refractivity contribution in [3.05, 3.63) is 54.1 Å². The minimum Gasteiger partial charge on any atom is -0.497 e. The number of methoxy groups -OCH3 is 1. The van der Waals surface area contributed by atoms with Crippen molar-refractivity contribution in [3.63, 3.8) is 0 Å². The summed E-state index contributed by atoms with van der Waals surface area (Å²) in [6, 6.07) is 15.9. The summed E-state index contributed by atoms with van der Waals surface area (Å²) in [5.74, 6) is 0.339. The topological polar surface area (TPSA) is 84.7 Å². The highest BCUT2D eigenvalue weighted by Gasteiger charge is 2.20. The predicted octanol–water partition coefficient (Wildman–Crippen LogP) is 2.35. The van der Waals surface area contributed by atoms with Crippen molar-refractivity contribution in [2.24, 2.45) is 5.73 Å². The molecule has 2 rings (SSSR count). The first-order valence-corrected chi connectivity index (χ1v) is 9.00. The average Bonchev–Trinajstić information content (AvgIpc) is 2.72. The van der Waals surface area contributed by atoms with E-state index >= 15 is 0 Å². The molecule has 0 aliphatic heterocycles. The summed E-state index contributed by atoms with van der Waals surface area (Å²) in [6.45, 7) is 4.28. The summed E-state index contributed by atoms with van der Waals surface area (Å²) < 4.78 is 5.28. The van der Waals surface area contributed by atoms with Gasteiger partial charge >= 0.3 is 0 Å². The molecule has 0 aliphatic carbocycles. The zero-order chi connectivity index (χ0) is 19.8. The molecule has 3 N–H and O–H groups in total. The van der Waals surface area contributed by atoms with Gasteiger partial charge in [-0.15, -0.1) is 0 Å². The van der Waals surface area contributed by atoms with Gasteiger partial charge in [0, 0.05) is 6.54 Å². The Labute approximate surface area is 160 Å². The second-order valence-corrected chi connectivity index (χ2v) is 6.19. The summed E-state index contributed by atoms with van der Waals surface area (Å²) in [5.41, 5.74) is 8.43. The van der Waals surface area contributed by atoms with E-state index in [2.05, 4.69) is 5.32 Å². The number of nitrogens with two attached hydrogens (primary N) is 1. The van der Waals surface area contributed by atoms with E-state index in [1.54, 1.807) is 12.0 Å². The first kappa shape index (κ1) is 20.5. The molecule has 2 amide bonds.